The van der Waals surface area contributed by atoms with Crippen LogP contribution in [0.15, 0.2) is 0 Å². The molecule has 4 unspecified atom stereocenters. The molecule has 19 heteroatoms. The van der Waals surface area contributed by atoms with E-state index in [0.717, 1.165) is 108 Å². The molecule has 0 radical (unpaired) electrons. The van der Waals surface area contributed by atoms with Crippen LogP contribution in [0.1, 0.15) is 389 Å². The third kappa shape index (κ3) is 69.2. The summed E-state index contributed by atoms with van der Waals surface area (Å²) in [7, 11) is -9.91. The molecule has 0 aliphatic heterocycles. The Morgan fingerprint density at radius 2 is 0.500 bits per heavy atom. The van der Waals surface area contributed by atoms with Crippen molar-refractivity contribution >= 4 is 39.5 Å². The number of phosphoric ester groups is 2. The van der Waals surface area contributed by atoms with Gasteiger partial charge in [0.2, 0.25) is 0 Å². The zero-order valence-corrected chi connectivity index (χ0v) is 64.8. The smallest absolute Gasteiger partial charge is 0.462 e. The minimum atomic E-state index is -4.96. The van der Waals surface area contributed by atoms with E-state index in [4.69, 9.17) is 37.0 Å². The first-order valence-electron chi connectivity index (χ1n) is 39.7. The lowest BCUT2D eigenvalue weighted by atomic mass is 9.99. The molecule has 0 aliphatic carbocycles. The second kappa shape index (κ2) is 66.3. The lowest BCUT2D eigenvalue weighted by molar-refractivity contribution is -0.161. The molecule has 96 heavy (non-hydrogen) atoms. The molecular weight excluding hydrogens is 1260 g/mol. The number of esters is 4. The number of hydrogen-bond donors (Lipinski definition) is 3. The van der Waals surface area contributed by atoms with Crippen molar-refractivity contribution in [3.05, 3.63) is 0 Å². The van der Waals surface area contributed by atoms with Crippen molar-refractivity contribution in [2.24, 2.45) is 23.7 Å². The summed E-state index contributed by atoms with van der Waals surface area (Å²) in [5.41, 5.74) is 0. The van der Waals surface area contributed by atoms with Crippen LogP contribution in [0.5, 0.6) is 0 Å². The van der Waals surface area contributed by atoms with Gasteiger partial charge in [0.1, 0.15) is 19.3 Å². The molecule has 0 rings (SSSR count). The zero-order valence-electron chi connectivity index (χ0n) is 63.0. The van der Waals surface area contributed by atoms with E-state index >= 15 is 0 Å². The van der Waals surface area contributed by atoms with Crippen molar-refractivity contribution in [1.82, 2.24) is 0 Å². The van der Waals surface area contributed by atoms with Crippen LogP contribution in [0.4, 0.5) is 0 Å². The third-order valence-corrected chi connectivity index (χ3v) is 20.1. The molecule has 0 amide bonds. The van der Waals surface area contributed by atoms with Gasteiger partial charge in [0.15, 0.2) is 12.2 Å². The van der Waals surface area contributed by atoms with Crippen molar-refractivity contribution in [3.8, 4) is 0 Å². The molecule has 0 aliphatic rings. The van der Waals surface area contributed by atoms with Crippen molar-refractivity contribution in [2.45, 2.75) is 408 Å². The van der Waals surface area contributed by atoms with Crippen molar-refractivity contribution in [1.29, 1.82) is 0 Å². The number of rotatable bonds is 74. The van der Waals surface area contributed by atoms with Gasteiger partial charge < -0.3 is 33.8 Å². The summed E-state index contributed by atoms with van der Waals surface area (Å²) in [4.78, 5) is 72.8. The molecule has 0 fully saturated rings. The predicted octanol–water partition coefficient (Wildman–Crippen LogP) is 22.4. The van der Waals surface area contributed by atoms with E-state index in [1.54, 1.807) is 0 Å². The number of unbranched alkanes of at least 4 members (excludes halogenated alkanes) is 39. The normalized spacial score (nSPS) is 14.4. The van der Waals surface area contributed by atoms with Gasteiger partial charge in [-0.1, -0.05) is 338 Å². The number of hydrogen-bond acceptors (Lipinski definition) is 15. The van der Waals surface area contributed by atoms with Crippen LogP contribution >= 0.6 is 15.6 Å². The average Bonchev–Trinajstić information content (AvgIpc) is 1.06. The van der Waals surface area contributed by atoms with Gasteiger partial charge in [0, 0.05) is 25.7 Å². The lowest BCUT2D eigenvalue weighted by Crippen LogP contribution is -2.30. The number of aliphatic hydroxyl groups is 1. The molecule has 6 atom stereocenters. The monoisotopic (exact) mass is 1410 g/mol. The van der Waals surface area contributed by atoms with Gasteiger partial charge in [-0.15, -0.1) is 0 Å². The van der Waals surface area contributed by atoms with E-state index in [0.29, 0.717) is 37.5 Å². The summed E-state index contributed by atoms with van der Waals surface area (Å²) in [6, 6.07) is 0. The quantitative estimate of drug-likeness (QED) is 0.0222. The molecule has 0 bridgehead atoms. The summed E-state index contributed by atoms with van der Waals surface area (Å²) >= 11 is 0. The third-order valence-electron chi connectivity index (χ3n) is 18.2. The van der Waals surface area contributed by atoms with Crippen LogP contribution < -0.4 is 0 Å². The number of phosphoric acid groups is 2. The van der Waals surface area contributed by atoms with Crippen LogP contribution in [0.25, 0.3) is 0 Å². The maximum absolute atomic E-state index is 13.1. The van der Waals surface area contributed by atoms with E-state index in [1.165, 1.54) is 186 Å². The van der Waals surface area contributed by atoms with Crippen LogP contribution in [-0.2, 0) is 65.4 Å². The molecule has 570 valence electrons. The predicted molar refractivity (Wildman–Crippen MR) is 391 cm³/mol. The summed E-state index contributed by atoms with van der Waals surface area (Å²) in [5, 5.41) is 10.6. The molecule has 0 spiro atoms. The van der Waals surface area contributed by atoms with Gasteiger partial charge in [-0.2, -0.15) is 0 Å². The molecule has 0 aromatic heterocycles. The van der Waals surface area contributed by atoms with Crippen LogP contribution in [0, 0.1) is 23.7 Å². The Hall–Kier alpha value is -1.94. The van der Waals surface area contributed by atoms with E-state index in [9.17, 15) is 43.2 Å². The first-order valence-corrected chi connectivity index (χ1v) is 42.7. The van der Waals surface area contributed by atoms with Gasteiger partial charge >= 0.3 is 39.5 Å². The van der Waals surface area contributed by atoms with Crippen LogP contribution in [0.3, 0.4) is 0 Å². The Bertz CT molecular complexity index is 1890. The van der Waals surface area contributed by atoms with E-state index in [2.05, 4.69) is 55.4 Å². The second-order valence-electron chi connectivity index (χ2n) is 29.4. The Morgan fingerprint density at radius 1 is 0.292 bits per heavy atom. The summed E-state index contributed by atoms with van der Waals surface area (Å²) in [6.45, 7) is 14.2. The molecule has 0 saturated carbocycles. The fraction of sp³-hybridized carbons (Fsp3) is 0.948. The number of ether oxygens (including phenoxy) is 4. The molecular formula is C77H150O17P2. The summed E-state index contributed by atoms with van der Waals surface area (Å²) in [5.74, 6) is 0.930. The highest BCUT2D eigenvalue weighted by Crippen LogP contribution is 2.45. The van der Waals surface area contributed by atoms with E-state index < -0.39 is 97.5 Å². The molecule has 0 heterocycles. The fourth-order valence-corrected chi connectivity index (χ4v) is 13.3. The Labute approximate surface area is 588 Å². The zero-order chi connectivity index (χ0) is 71.0. The summed E-state index contributed by atoms with van der Waals surface area (Å²) < 4.78 is 68.5. The highest BCUT2D eigenvalue weighted by molar-refractivity contribution is 7.47. The fourth-order valence-electron chi connectivity index (χ4n) is 11.7. The molecule has 0 aromatic carbocycles. The maximum Gasteiger partial charge on any atom is 0.472 e. The highest BCUT2D eigenvalue weighted by Gasteiger charge is 2.30. The molecule has 0 saturated heterocycles. The van der Waals surface area contributed by atoms with Crippen LogP contribution in [0.2, 0.25) is 0 Å². The molecule has 3 N–H and O–H groups in total. The Balaban J connectivity index is 5.18. The van der Waals surface area contributed by atoms with E-state index in [-0.39, 0.29) is 25.7 Å². The Morgan fingerprint density at radius 3 is 0.740 bits per heavy atom. The molecule has 0 aromatic rings. The highest BCUT2D eigenvalue weighted by atomic mass is 31.2. The number of carbonyl (C=O) groups excluding carboxylic acids is 4. The van der Waals surface area contributed by atoms with Crippen molar-refractivity contribution in [2.75, 3.05) is 39.6 Å². The minimum absolute atomic E-state index is 0.103. The molecule has 17 nitrogen and oxygen atoms in total. The van der Waals surface area contributed by atoms with Gasteiger partial charge in [-0.3, -0.25) is 37.3 Å². The minimum Gasteiger partial charge on any atom is -0.462 e. The van der Waals surface area contributed by atoms with Gasteiger partial charge in [-0.05, 0) is 49.4 Å². The van der Waals surface area contributed by atoms with Gasteiger partial charge in [-0.25, -0.2) is 9.13 Å². The van der Waals surface area contributed by atoms with E-state index in [1.807, 2.05) is 0 Å². The number of aliphatic hydroxyl groups excluding tert-OH is 1. The van der Waals surface area contributed by atoms with Gasteiger partial charge in [0.25, 0.3) is 0 Å². The largest absolute Gasteiger partial charge is 0.472 e. The second-order valence-corrected chi connectivity index (χ2v) is 32.3. The van der Waals surface area contributed by atoms with Crippen LogP contribution in [-0.4, -0.2) is 96.7 Å². The van der Waals surface area contributed by atoms with Crippen molar-refractivity contribution < 1.29 is 80.2 Å². The summed E-state index contributed by atoms with van der Waals surface area (Å²) in [6.07, 6.45) is 51.5. The van der Waals surface area contributed by atoms with Crippen molar-refractivity contribution in [3.63, 3.8) is 0 Å². The topological polar surface area (TPSA) is 237 Å². The number of carbonyl (C=O) groups is 4. The first kappa shape index (κ1) is 94.1. The van der Waals surface area contributed by atoms with Gasteiger partial charge in [0.05, 0.1) is 26.4 Å². The first-order chi connectivity index (χ1) is 46.1. The average molecular weight is 1410 g/mol. The standard InChI is InChI=1S/C77H150O17P2/c1-9-70(8)56-48-40-32-24-20-16-13-14-18-22-26-34-43-51-59-76(81)93-72(64-88-75(80)58-50-42-35-27-30-38-46-54-68(4)5)65-91-95(83,84)89-61-71(78)62-90-96(85,86)92-66-73(94-77(82)60-52-44-36-28-31-39-47-55-69(6)7)63-87-74(79)57-49-41-33-25-21-17-12-10-11-15-19-23-29-37-45-53-67(2)3/h67-73,78H,9-66H2,1-8H3,(H,83,84)(H,85,86)/t70?,71?,72-,73-/m1/s1. The maximum atomic E-state index is 13.1. The lowest BCUT2D eigenvalue weighted by Gasteiger charge is -2.21. The SMILES string of the molecule is CCC(C)CCCCCCCCCCCCCCCCC(=O)O[C@H](COC(=O)CCCCCCCCCC(C)C)COP(=O)(O)OCC(O)COP(=O)(O)OC[C@@H](COC(=O)CCCCCCCCCCCCCCCCCC(C)C)OC(=O)CCCCCCCCCC(C)C. The Kier molecular flexibility index (Phi) is 65.0.